The Balaban J connectivity index is 2.00. The fourth-order valence-electron chi connectivity index (χ4n) is 2.16. The molecule has 0 saturated carbocycles. The molecule has 1 fully saturated rings. The molecule has 1 aliphatic heterocycles. The maximum absolute atomic E-state index is 12.4. The van der Waals surface area contributed by atoms with E-state index in [9.17, 15) is 8.42 Å². The normalized spacial score (nSPS) is 17.6. The van der Waals surface area contributed by atoms with Gasteiger partial charge in [0.15, 0.2) is 0 Å². The van der Waals surface area contributed by atoms with Crippen molar-refractivity contribution in [1.29, 1.82) is 0 Å². The van der Waals surface area contributed by atoms with Gasteiger partial charge in [-0.15, -0.1) is 0 Å². The highest BCUT2D eigenvalue weighted by Crippen LogP contribution is 2.23. The van der Waals surface area contributed by atoms with Crippen LogP contribution in [0.3, 0.4) is 0 Å². The van der Waals surface area contributed by atoms with Gasteiger partial charge >= 0.3 is 0 Å². The fraction of sp³-hybridized carbons (Fsp3) is 0.538. The van der Waals surface area contributed by atoms with Crippen molar-refractivity contribution in [2.24, 2.45) is 0 Å². The summed E-state index contributed by atoms with van der Waals surface area (Å²) in [7, 11) is -1.91. The topological polar surface area (TPSA) is 52.6 Å². The summed E-state index contributed by atoms with van der Waals surface area (Å²) in [5.41, 5.74) is 0. The zero-order valence-corrected chi connectivity index (χ0v) is 13.1. The number of hydrogen-bond acceptors (Lipinski definition) is 4. The van der Waals surface area contributed by atoms with Gasteiger partial charge in [0, 0.05) is 46.3 Å². The standard InChI is InChI=1S/C13H20ClN3O2S/c1-16(10-11-17-8-6-15-7-9-17)20(18,19)13-5-3-2-4-12(13)14/h2-5,15H,6-11H2,1H3. The highest BCUT2D eigenvalue weighted by molar-refractivity contribution is 7.89. The van der Waals surface area contributed by atoms with Gasteiger partial charge in [-0.1, -0.05) is 23.7 Å². The van der Waals surface area contributed by atoms with Crippen LogP contribution in [0.1, 0.15) is 0 Å². The lowest BCUT2D eigenvalue weighted by Crippen LogP contribution is -2.46. The van der Waals surface area contributed by atoms with Gasteiger partial charge in [-0.25, -0.2) is 8.42 Å². The zero-order valence-electron chi connectivity index (χ0n) is 11.5. The molecule has 0 radical (unpaired) electrons. The van der Waals surface area contributed by atoms with E-state index in [-0.39, 0.29) is 9.92 Å². The number of piperazine rings is 1. The fourth-order valence-corrected chi connectivity index (χ4v) is 3.81. The van der Waals surface area contributed by atoms with Crippen LogP contribution < -0.4 is 5.32 Å². The number of benzene rings is 1. The van der Waals surface area contributed by atoms with E-state index in [0.29, 0.717) is 6.54 Å². The van der Waals surface area contributed by atoms with Gasteiger partial charge in [0.1, 0.15) is 4.90 Å². The Morgan fingerprint density at radius 2 is 1.95 bits per heavy atom. The molecule has 5 nitrogen and oxygen atoms in total. The molecule has 0 unspecified atom stereocenters. The highest BCUT2D eigenvalue weighted by atomic mass is 35.5. The number of hydrogen-bond donors (Lipinski definition) is 1. The Morgan fingerprint density at radius 1 is 1.30 bits per heavy atom. The Bertz CT molecular complexity index is 544. The van der Waals surface area contributed by atoms with Crippen molar-refractivity contribution in [1.82, 2.24) is 14.5 Å². The van der Waals surface area contributed by atoms with E-state index >= 15 is 0 Å². The lowest BCUT2D eigenvalue weighted by Gasteiger charge is -2.28. The lowest BCUT2D eigenvalue weighted by molar-refractivity contribution is 0.229. The predicted molar refractivity (Wildman–Crippen MR) is 80.6 cm³/mol. The Morgan fingerprint density at radius 3 is 2.60 bits per heavy atom. The van der Waals surface area contributed by atoms with Crippen molar-refractivity contribution in [2.45, 2.75) is 4.90 Å². The summed E-state index contributed by atoms with van der Waals surface area (Å²) in [4.78, 5) is 2.43. The van der Waals surface area contributed by atoms with E-state index in [1.165, 1.54) is 4.31 Å². The van der Waals surface area contributed by atoms with Crippen LogP contribution in [-0.2, 0) is 10.0 Å². The summed E-state index contributed by atoms with van der Waals surface area (Å²) < 4.78 is 26.2. The molecule has 20 heavy (non-hydrogen) atoms. The average Bonchev–Trinajstić information content (AvgIpc) is 2.46. The minimum Gasteiger partial charge on any atom is -0.314 e. The smallest absolute Gasteiger partial charge is 0.244 e. The summed E-state index contributed by atoms with van der Waals surface area (Å²) in [5.74, 6) is 0. The molecule has 0 aromatic heterocycles. The van der Waals surface area contributed by atoms with E-state index in [1.54, 1.807) is 31.3 Å². The van der Waals surface area contributed by atoms with Gasteiger partial charge in [-0.2, -0.15) is 4.31 Å². The molecule has 112 valence electrons. The molecule has 1 aromatic carbocycles. The molecule has 0 bridgehead atoms. The highest BCUT2D eigenvalue weighted by Gasteiger charge is 2.23. The number of nitrogens with one attached hydrogen (secondary N) is 1. The molecule has 0 aliphatic carbocycles. The first-order chi connectivity index (χ1) is 9.51. The molecule has 2 rings (SSSR count). The lowest BCUT2D eigenvalue weighted by atomic mass is 10.3. The quantitative estimate of drug-likeness (QED) is 0.875. The summed E-state index contributed by atoms with van der Waals surface area (Å²) in [6, 6.07) is 6.54. The molecule has 1 saturated heterocycles. The van der Waals surface area contributed by atoms with Crippen LogP contribution in [0.2, 0.25) is 5.02 Å². The second-order valence-corrected chi connectivity index (χ2v) is 7.27. The first-order valence-electron chi connectivity index (χ1n) is 6.66. The van der Waals surface area contributed by atoms with Crippen molar-refractivity contribution in [2.75, 3.05) is 46.3 Å². The van der Waals surface area contributed by atoms with Crippen molar-refractivity contribution in [3.63, 3.8) is 0 Å². The third-order valence-corrected chi connectivity index (χ3v) is 5.82. The first-order valence-corrected chi connectivity index (χ1v) is 8.47. The van der Waals surface area contributed by atoms with Gasteiger partial charge in [0.25, 0.3) is 0 Å². The van der Waals surface area contributed by atoms with Gasteiger partial charge in [-0.3, -0.25) is 4.90 Å². The van der Waals surface area contributed by atoms with Gasteiger partial charge in [0.05, 0.1) is 5.02 Å². The van der Waals surface area contributed by atoms with Gasteiger partial charge in [-0.05, 0) is 12.1 Å². The van der Waals surface area contributed by atoms with Crippen LogP contribution in [0.15, 0.2) is 29.2 Å². The molecule has 0 atom stereocenters. The number of rotatable bonds is 5. The molecule has 1 aliphatic rings. The average molecular weight is 318 g/mol. The van der Waals surface area contributed by atoms with E-state index in [1.807, 2.05) is 0 Å². The molecule has 0 spiro atoms. The molecule has 1 aromatic rings. The second-order valence-electron chi connectivity index (χ2n) is 4.85. The van der Waals surface area contributed by atoms with Crippen molar-refractivity contribution >= 4 is 21.6 Å². The largest absolute Gasteiger partial charge is 0.314 e. The van der Waals surface area contributed by atoms with Crippen LogP contribution in [0.25, 0.3) is 0 Å². The minimum atomic E-state index is -3.51. The summed E-state index contributed by atoms with van der Waals surface area (Å²) in [6.07, 6.45) is 0. The number of sulfonamides is 1. The molecule has 1 N–H and O–H groups in total. The Kier molecular flexibility index (Phi) is 5.40. The monoisotopic (exact) mass is 317 g/mol. The van der Waals surface area contributed by atoms with Crippen LogP contribution in [0.5, 0.6) is 0 Å². The number of halogens is 1. The summed E-state index contributed by atoms with van der Waals surface area (Å²) >= 11 is 5.98. The molecule has 1 heterocycles. The third kappa shape index (κ3) is 3.71. The Labute approximate surface area is 125 Å². The number of likely N-dealkylation sites (N-methyl/N-ethyl adjacent to an activating group) is 1. The van der Waals surface area contributed by atoms with Crippen LogP contribution in [0, 0.1) is 0 Å². The first kappa shape index (κ1) is 15.7. The van der Waals surface area contributed by atoms with Crippen molar-refractivity contribution in [3.8, 4) is 0 Å². The van der Waals surface area contributed by atoms with Gasteiger partial charge < -0.3 is 5.32 Å². The van der Waals surface area contributed by atoms with E-state index in [2.05, 4.69) is 10.2 Å². The van der Waals surface area contributed by atoms with E-state index in [0.717, 1.165) is 32.7 Å². The van der Waals surface area contributed by atoms with E-state index < -0.39 is 10.0 Å². The van der Waals surface area contributed by atoms with Crippen LogP contribution >= 0.6 is 11.6 Å². The molecule has 7 heteroatoms. The molecule has 0 amide bonds. The van der Waals surface area contributed by atoms with Crippen molar-refractivity contribution in [3.05, 3.63) is 29.3 Å². The zero-order chi connectivity index (χ0) is 14.6. The van der Waals surface area contributed by atoms with Crippen LogP contribution in [0.4, 0.5) is 0 Å². The van der Waals surface area contributed by atoms with E-state index in [4.69, 9.17) is 11.6 Å². The summed E-state index contributed by atoms with van der Waals surface area (Å²) in [6.45, 7) is 5.04. The van der Waals surface area contributed by atoms with Gasteiger partial charge in [0.2, 0.25) is 10.0 Å². The predicted octanol–water partition coefficient (Wildman–Crippen LogP) is 0.866. The molecular weight excluding hydrogens is 298 g/mol. The van der Waals surface area contributed by atoms with Crippen molar-refractivity contribution < 1.29 is 8.42 Å². The maximum Gasteiger partial charge on any atom is 0.244 e. The molecular formula is C13H20ClN3O2S. The SMILES string of the molecule is CN(CCN1CCNCC1)S(=O)(=O)c1ccccc1Cl. The number of nitrogens with zero attached hydrogens (tertiary/aromatic N) is 2. The second kappa shape index (κ2) is 6.87. The van der Waals surface area contributed by atoms with Crippen LogP contribution in [-0.4, -0.2) is 63.9 Å². The minimum absolute atomic E-state index is 0.171. The third-order valence-electron chi connectivity index (χ3n) is 3.47. The maximum atomic E-state index is 12.4. The summed E-state index contributed by atoms with van der Waals surface area (Å²) in [5, 5.41) is 3.54. The Hall–Kier alpha value is -0.660.